The molecule has 5 heteroatoms. The summed E-state index contributed by atoms with van der Waals surface area (Å²) in [6, 6.07) is 0.235. The molecule has 9 bridgehead atoms. The molecular formula is C20H27NO4. The number of nitrogens with zero attached hydrogens (tertiary/aromatic N) is 1. The molecule has 5 nitrogen and oxygen atoms in total. The monoisotopic (exact) mass is 345 g/mol. The second kappa shape index (κ2) is 3.49. The smallest absolute Gasteiger partial charge is 0.113 e. The van der Waals surface area contributed by atoms with Crippen LogP contribution in [0.25, 0.3) is 0 Å². The standard InChI is InChI=1S/C20H27NO4/c1-8-4-18-6-11-13-17(2)7-12(22)15(23)20(13)14(21(11)16(17)24)10(18)3-9(8)5-19(18,20)25/h9-16,22-25H,1,3-7H2,2H3. The fourth-order valence-electron chi connectivity index (χ4n) is 10.4. The van der Waals surface area contributed by atoms with Crippen LogP contribution in [0.2, 0.25) is 0 Å². The number of rotatable bonds is 0. The van der Waals surface area contributed by atoms with Gasteiger partial charge in [-0.15, -0.1) is 0 Å². The Balaban J connectivity index is 1.58. The van der Waals surface area contributed by atoms with Crippen LogP contribution in [0.5, 0.6) is 0 Å². The molecule has 9 fully saturated rings. The van der Waals surface area contributed by atoms with Gasteiger partial charge in [-0.3, -0.25) is 4.90 Å². The molecular weight excluding hydrogens is 318 g/mol. The third-order valence-electron chi connectivity index (χ3n) is 10.6. The van der Waals surface area contributed by atoms with E-state index in [-0.39, 0.29) is 23.4 Å². The van der Waals surface area contributed by atoms with E-state index >= 15 is 0 Å². The molecule has 2 spiro atoms. The Labute approximate surface area is 147 Å². The quantitative estimate of drug-likeness (QED) is 0.472. The lowest BCUT2D eigenvalue weighted by Crippen LogP contribution is -2.76. The summed E-state index contributed by atoms with van der Waals surface area (Å²) in [5, 5.41) is 45.6. The molecule has 3 heterocycles. The Kier molecular flexibility index (Phi) is 2.04. The largest absolute Gasteiger partial charge is 0.390 e. The molecule has 13 unspecified atom stereocenters. The van der Waals surface area contributed by atoms with Gasteiger partial charge in [0.05, 0.1) is 17.8 Å². The van der Waals surface area contributed by atoms with Crippen molar-refractivity contribution >= 4 is 0 Å². The van der Waals surface area contributed by atoms with E-state index in [1.165, 1.54) is 5.57 Å². The van der Waals surface area contributed by atoms with Gasteiger partial charge >= 0.3 is 0 Å². The average molecular weight is 345 g/mol. The minimum absolute atomic E-state index is 0.00683. The highest BCUT2D eigenvalue weighted by Gasteiger charge is 2.95. The zero-order chi connectivity index (χ0) is 17.3. The minimum Gasteiger partial charge on any atom is -0.390 e. The first kappa shape index (κ1) is 14.6. The van der Waals surface area contributed by atoms with E-state index in [2.05, 4.69) is 18.4 Å². The summed E-state index contributed by atoms with van der Waals surface area (Å²) >= 11 is 0. The molecule has 0 amide bonds. The van der Waals surface area contributed by atoms with Crippen LogP contribution >= 0.6 is 0 Å². The van der Waals surface area contributed by atoms with E-state index in [9.17, 15) is 20.4 Å². The van der Waals surface area contributed by atoms with E-state index in [4.69, 9.17) is 0 Å². The molecule has 0 aromatic heterocycles. The fourth-order valence-corrected chi connectivity index (χ4v) is 10.4. The molecule has 3 saturated heterocycles. The molecule has 0 aromatic carbocycles. The molecule has 136 valence electrons. The number of hydrogen-bond acceptors (Lipinski definition) is 5. The lowest BCUT2D eigenvalue weighted by Gasteiger charge is -2.68. The van der Waals surface area contributed by atoms with Gasteiger partial charge in [-0.25, -0.2) is 0 Å². The summed E-state index contributed by atoms with van der Waals surface area (Å²) in [7, 11) is 0. The summed E-state index contributed by atoms with van der Waals surface area (Å²) in [6.07, 6.45) is 1.59. The van der Waals surface area contributed by atoms with Gasteiger partial charge in [-0.2, -0.15) is 0 Å². The van der Waals surface area contributed by atoms with Gasteiger partial charge in [0.1, 0.15) is 6.23 Å². The number of hydrogen-bond donors (Lipinski definition) is 4. The molecule has 4 N–H and O–H groups in total. The third-order valence-corrected chi connectivity index (χ3v) is 10.6. The maximum atomic E-state index is 12.3. The Morgan fingerprint density at radius 1 is 1.16 bits per heavy atom. The summed E-state index contributed by atoms with van der Waals surface area (Å²) in [4.78, 5) is 2.27. The second-order valence-electron chi connectivity index (χ2n) is 10.8. The first-order chi connectivity index (χ1) is 11.7. The molecule has 0 aromatic rings. The predicted molar refractivity (Wildman–Crippen MR) is 88.1 cm³/mol. The van der Waals surface area contributed by atoms with Crippen molar-refractivity contribution in [3.05, 3.63) is 12.2 Å². The molecule has 6 aliphatic carbocycles. The zero-order valence-corrected chi connectivity index (χ0v) is 14.6. The molecule has 6 saturated carbocycles. The van der Waals surface area contributed by atoms with E-state index in [0.29, 0.717) is 24.7 Å². The topological polar surface area (TPSA) is 84.2 Å². The maximum absolute atomic E-state index is 12.3. The van der Waals surface area contributed by atoms with E-state index in [1.54, 1.807) is 0 Å². The fraction of sp³-hybridized carbons (Fsp3) is 0.900. The highest BCUT2D eigenvalue weighted by atomic mass is 16.3. The van der Waals surface area contributed by atoms with Crippen molar-refractivity contribution in [2.24, 2.45) is 34.0 Å². The maximum Gasteiger partial charge on any atom is 0.113 e. The van der Waals surface area contributed by atoms with Gasteiger partial charge in [-0.05, 0) is 49.9 Å². The van der Waals surface area contributed by atoms with E-state index in [0.717, 1.165) is 19.3 Å². The lowest BCUT2D eigenvalue weighted by molar-refractivity contribution is -0.298. The first-order valence-electron chi connectivity index (χ1n) is 9.96. The van der Waals surface area contributed by atoms with Crippen LogP contribution in [0.4, 0.5) is 0 Å². The van der Waals surface area contributed by atoms with Gasteiger partial charge in [0, 0.05) is 28.3 Å². The molecule has 13 atom stereocenters. The van der Waals surface area contributed by atoms with Crippen molar-refractivity contribution < 1.29 is 20.4 Å². The van der Waals surface area contributed by atoms with Crippen molar-refractivity contribution in [3.8, 4) is 0 Å². The van der Waals surface area contributed by atoms with Crippen LogP contribution in [0, 0.1) is 34.0 Å². The van der Waals surface area contributed by atoms with Crippen LogP contribution in [0.15, 0.2) is 12.2 Å². The van der Waals surface area contributed by atoms with Crippen molar-refractivity contribution in [1.29, 1.82) is 0 Å². The third kappa shape index (κ3) is 0.981. The van der Waals surface area contributed by atoms with Crippen LogP contribution in [-0.4, -0.2) is 61.4 Å². The van der Waals surface area contributed by atoms with Crippen molar-refractivity contribution in [1.82, 2.24) is 4.90 Å². The van der Waals surface area contributed by atoms with Gasteiger partial charge in [0.2, 0.25) is 0 Å². The summed E-state index contributed by atoms with van der Waals surface area (Å²) in [5.74, 6) is 0.706. The van der Waals surface area contributed by atoms with Crippen molar-refractivity contribution in [3.63, 3.8) is 0 Å². The van der Waals surface area contributed by atoms with Crippen LogP contribution in [-0.2, 0) is 0 Å². The first-order valence-corrected chi connectivity index (χ1v) is 9.96. The Morgan fingerprint density at radius 3 is 2.68 bits per heavy atom. The van der Waals surface area contributed by atoms with Gasteiger partial charge < -0.3 is 20.4 Å². The normalized spacial score (nSPS) is 76.5. The summed E-state index contributed by atoms with van der Waals surface area (Å²) in [5.41, 5.74) is -0.982. The SMILES string of the molecule is C=C1CC23CC4C5C6(C)CC(O)C(O)C57C(C2CC1CC37O)N4C6O. The molecule has 0 radical (unpaired) electrons. The number of aliphatic hydroxyl groups excluding tert-OH is 3. The number of fused-ring (bicyclic) bond motifs is 1. The van der Waals surface area contributed by atoms with Crippen LogP contribution in [0.1, 0.15) is 39.0 Å². The summed E-state index contributed by atoms with van der Waals surface area (Å²) < 4.78 is 0. The predicted octanol–water partition coefficient (Wildman–Crippen LogP) is 0.227. The van der Waals surface area contributed by atoms with Gasteiger partial charge in [0.15, 0.2) is 0 Å². The summed E-state index contributed by atoms with van der Waals surface area (Å²) in [6.45, 7) is 6.39. The van der Waals surface area contributed by atoms with Crippen molar-refractivity contribution in [2.75, 3.05) is 0 Å². The minimum atomic E-state index is -0.933. The zero-order valence-electron chi connectivity index (χ0n) is 14.6. The second-order valence-corrected chi connectivity index (χ2v) is 10.8. The lowest BCUT2D eigenvalue weighted by atomic mass is 9.38. The molecule has 25 heavy (non-hydrogen) atoms. The number of piperidine rings is 2. The van der Waals surface area contributed by atoms with Gasteiger partial charge in [-0.1, -0.05) is 19.1 Å². The Bertz CT molecular complexity index is 756. The number of aliphatic hydroxyl groups is 4. The highest BCUT2D eigenvalue weighted by molar-refractivity contribution is 5.47. The number of allylic oxidation sites excluding steroid dienone is 1. The van der Waals surface area contributed by atoms with Crippen molar-refractivity contribution in [2.45, 2.75) is 75.1 Å². The Hall–Kier alpha value is -0.460. The van der Waals surface area contributed by atoms with E-state index < -0.39 is 34.9 Å². The van der Waals surface area contributed by atoms with E-state index in [1.807, 2.05) is 0 Å². The van der Waals surface area contributed by atoms with Crippen LogP contribution < -0.4 is 0 Å². The average Bonchev–Trinajstić information content (AvgIpc) is 2.90. The Morgan fingerprint density at radius 2 is 1.92 bits per heavy atom. The molecule has 9 rings (SSSR count). The highest BCUT2D eigenvalue weighted by Crippen LogP contribution is 2.88. The molecule has 3 aliphatic heterocycles. The van der Waals surface area contributed by atoms with Gasteiger partial charge in [0.25, 0.3) is 0 Å². The van der Waals surface area contributed by atoms with Crippen LogP contribution in [0.3, 0.4) is 0 Å². The molecule has 9 aliphatic rings.